The number of ether oxygens (including phenoxy) is 1. The lowest BCUT2D eigenvalue weighted by Gasteiger charge is -2.31. The molecule has 0 radical (unpaired) electrons. The van der Waals surface area contributed by atoms with E-state index in [2.05, 4.69) is 21.8 Å². The van der Waals surface area contributed by atoms with Gasteiger partial charge in [0.05, 0.1) is 12.0 Å². The zero-order valence-corrected chi connectivity index (χ0v) is 16.6. The minimum absolute atomic E-state index is 0.0392. The largest absolute Gasteiger partial charge is 0.497 e. The van der Waals surface area contributed by atoms with Crippen molar-refractivity contribution in [3.05, 3.63) is 60.2 Å². The molecule has 1 aliphatic rings. The minimum Gasteiger partial charge on any atom is -0.497 e. The molecule has 1 fully saturated rings. The fourth-order valence-corrected chi connectivity index (χ4v) is 4.60. The fraction of sp³-hybridized carbons (Fsp3) is 0.429. The monoisotopic (exact) mass is 388 g/mol. The molecule has 2 aromatic rings. The molecule has 6 heteroatoms. The lowest BCUT2D eigenvalue weighted by Crippen LogP contribution is -2.38. The van der Waals surface area contributed by atoms with Gasteiger partial charge in [0.15, 0.2) is 0 Å². The third-order valence-electron chi connectivity index (χ3n) is 5.10. The van der Waals surface area contributed by atoms with Crippen molar-refractivity contribution >= 4 is 10.0 Å². The summed E-state index contributed by atoms with van der Waals surface area (Å²) in [5, 5.41) is 0. The number of likely N-dealkylation sites (tertiary alicyclic amines) is 1. The van der Waals surface area contributed by atoms with Gasteiger partial charge in [-0.3, -0.25) is 4.90 Å². The molecule has 1 aliphatic heterocycles. The number of benzene rings is 2. The average molecular weight is 389 g/mol. The van der Waals surface area contributed by atoms with Crippen LogP contribution in [0.5, 0.6) is 5.75 Å². The standard InChI is InChI=1S/C21H28N2O3S/c1-26-19-11-13-20(14-12-19)27(24,25)22-17-21(18-9-5-4-6-10-18)23-15-7-2-3-8-16-23/h4-6,9-14,21-22H,2-3,7-8,15-17H2,1H3. The predicted molar refractivity (Wildman–Crippen MR) is 107 cm³/mol. The van der Waals surface area contributed by atoms with Crippen LogP contribution in [0.1, 0.15) is 37.3 Å². The number of rotatable bonds is 7. The lowest BCUT2D eigenvalue weighted by atomic mass is 10.1. The normalized spacial score (nSPS) is 17.2. The Labute approximate surface area is 162 Å². The summed E-state index contributed by atoms with van der Waals surface area (Å²) >= 11 is 0. The summed E-state index contributed by atoms with van der Waals surface area (Å²) in [6.45, 7) is 2.37. The van der Waals surface area contributed by atoms with Crippen molar-refractivity contribution < 1.29 is 13.2 Å². The van der Waals surface area contributed by atoms with E-state index in [1.807, 2.05) is 18.2 Å². The summed E-state index contributed by atoms with van der Waals surface area (Å²) in [6, 6.07) is 16.7. The van der Waals surface area contributed by atoms with E-state index in [-0.39, 0.29) is 10.9 Å². The van der Waals surface area contributed by atoms with E-state index in [1.54, 1.807) is 31.4 Å². The molecule has 0 bridgehead atoms. The van der Waals surface area contributed by atoms with Crippen LogP contribution >= 0.6 is 0 Å². The number of methoxy groups -OCH3 is 1. The maximum absolute atomic E-state index is 12.7. The van der Waals surface area contributed by atoms with Crippen molar-refractivity contribution in [2.75, 3.05) is 26.7 Å². The van der Waals surface area contributed by atoms with Crippen LogP contribution in [0.4, 0.5) is 0 Å². The van der Waals surface area contributed by atoms with E-state index >= 15 is 0 Å². The molecule has 1 atom stereocenters. The molecule has 0 aliphatic carbocycles. The molecule has 5 nitrogen and oxygen atoms in total. The van der Waals surface area contributed by atoms with Crippen molar-refractivity contribution in [3.63, 3.8) is 0 Å². The molecular formula is C21H28N2O3S. The SMILES string of the molecule is COc1ccc(S(=O)(=O)NCC(c2ccccc2)N2CCCCCC2)cc1. The average Bonchev–Trinajstić information content (AvgIpc) is 2.98. The minimum atomic E-state index is -3.57. The molecule has 0 amide bonds. The number of hydrogen-bond donors (Lipinski definition) is 1. The first-order chi connectivity index (χ1) is 13.1. The second-order valence-electron chi connectivity index (χ2n) is 6.90. The summed E-state index contributed by atoms with van der Waals surface area (Å²) in [7, 11) is -2.01. The predicted octanol–water partition coefficient (Wildman–Crippen LogP) is 3.59. The Bertz CT molecular complexity index is 799. The highest BCUT2D eigenvalue weighted by atomic mass is 32.2. The third-order valence-corrected chi connectivity index (χ3v) is 6.54. The first-order valence-electron chi connectivity index (χ1n) is 9.53. The van der Waals surface area contributed by atoms with Crippen molar-refractivity contribution in [2.24, 2.45) is 0 Å². The number of sulfonamides is 1. The van der Waals surface area contributed by atoms with E-state index < -0.39 is 10.0 Å². The molecule has 27 heavy (non-hydrogen) atoms. The number of nitrogens with one attached hydrogen (secondary N) is 1. The molecule has 1 heterocycles. The highest BCUT2D eigenvalue weighted by molar-refractivity contribution is 7.89. The molecule has 0 saturated carbocycles. The molecule has 2 aromatic carbocycles. The van der Waals surface area contributed by atoms with Gasteiger partial charge < -0.3 is 4.74 Å². The molecule has 1 saturated heterocycles. The Morgan fingerprint density at radius 1 is 0.963 bits per heavy atom. The van der Waals surface area contributed by atoms with Crippen LogP contribution in [0, 0.1) is 0 Å². The van der Waals surface area contributed by atoms with E-state index in [0.29, 0.717) is 12.3 Å². The Morgan fingerprint density at radius 2 is 1.59 bits per heavy atom. The van der Waals surface area contributed by atoms with Crippen molar-refractivity contribution in [3.8, 4) is 5.75 Å². The Balaban J connectivity index is 1.76. The molecule has 3 rings (SSSR count). The van der Waals surface area contributed by atoms with Crippen molar-refractivity contribution in [2.45, 2.75) is 36.6 Å². The molecule has 1 N–H and O–H groups in total. The second kappa shape index (κ2) is 9.35. The highest BCUT2D eigenvalue weighted by Crippen LogP contribution is 2.24. The molecular weight excluding hydrogens is 360 g/mol. The van der Waals surface area contributed by atoms with Crippen LogP contribution in [0.15, 0.2) is 59.5 Å². The van der Waals surface area contributed by atoms with Crippen molar-refractivity contribution in [1.82, 2.24) is 9.62 Å². The maximum atomic E-state index is 12.7. The van der Waals surface area contributed by atoms with Crippen LogP contribution in [-0.4, -0.2) is 40.1 Å². The van der Waals surface area contributed by atoms with Gasteiger partial charge in [0.2, 0.25) is 10.0 Å². The fourth-order valence-electron chi connectivity index (χ4n) is 3.57. The van der Waals surface area contributed by atoms with Gasteiger partial charge in [0.1, 0.15) is 5.75 Å². The van der Waals surface area contributed by atoms with Gasteiger partial charge in [-0.2, -0.15) is 0 Å². The summed E-state index contributed by atoms with van der Waals surface area (Å²) in [6.07, 6.45) is 4.81. The molecule has 0 spiro atoms. The van der Waals surface area contributed by atoms with Gasteiger partial charge in [0.25, 0.3) is 0 Å². The molecule has 0 aromatic heterocycles. The zero-order chi connectivity index (χ0) is 19.1. The third kappa shape index (κ3) is 5.31. The van der Waals surface area contributed by atoms with Crippen molar-refractivity contribution in [1.29, 1.82) is 0 Å². The smallest absolute Gasteiger partial charge is 0.240 e. The maximum Gasteiger partial charge on any atom is 0.240 e. The van der Waals surface area contributed by atoms with Crippen LogP contribution in [0.3, 0.4) is 0 Å². The van der Waals surface area contributed by atoms with E-state index in [4.69, 9.17) is 4.74 Å². The Morgan fingerprint density at radius 3 is 2.19 bits per heavy atom. The Kier molecular flexibility index (Phi) is 6.88. The first-order valence-corrected chi connectivity index (χ1v) is 11.0. The van der Waals surface area contributed by atoms with Gasteiger partial charge in [-0.25, -0.2) is 13.1 Å². The number of nitrogens with zero attached hydrogens (tertiary/aromatic N) is 1. The quantitative estimate of drug-likeness (QED) is 0.787. The van der Waals surface area contributed by atoms with E-state index in [0.717, 1.165) is 31.5 Å². The molecule has 146 valence electrons. The first kappa shape index (κ1) is 19.9. The van der Waals surface area contributed by atoms with Crippen LogP contribution < -0.4 is 9.46 Å². The summed E-state index contributed by atoms with van der Waals surface area (Å²) in [4.78, 5) is 2.67. The topological polar surface area (TPSA) is 58.6 Å². The lowest BCUT2D eigenvalue weighted by molar-refractivity contribution is 0.206. The van der Waals surface area contributed by atoms with Gasteiger partial charge in [0, 0.05) is 12.6 Å². The van der Waals surface area contributed by atoms with Gasteiger partial charge in [-0.15, -0.1) is 0 Å². The van der Waals surface area contributed by atoms with E-state index in [1.165, 1.54) is 12.8 Å². The molecule has 1 unspecified atom stereocenters. The highest BCUT2D eigenvalue weighted by Gasteiger charge is 2.24. The summed E-state index contributed by atoms with van der Waals surface area (Å²) < 4.78 is 33.4. The Hall–Kier alpha value is -1.89. The van der Waals surface area contributed by atoms with Gasteiger partial charge in [-0.05, 0) is 55.8 Å². The van der Waals surface area contributed by atoms with Crippen LogP contribution in [-0.2, 0) is 10.0 Å². The second-order valence-corrected chi connectivity index (χ2v) is 8.67. The van der Waals surface area contributed by atoms with Gasteiger partial charge in [-0.1, -0.05) is 43.2 Å². The van der Waals surface area contributed by atoms with Crippen LogP contribution in [0.2, 0.25) is 0 Å². The van der Waals surface area contributed by atoms with Gasteiger partial charge >= 0.3 is 0 Å². The van der Waals surface area contributed by atoms with E-state index in [9.17, 15) is 8.42 Å². The van der Waals surface area contributed by atoms with Crippen LogP contribution in [0.25, 0.3) is 0 Å². The zero-order valence-electron chi connectivity index (χ0n) is 15.8. The summed E-state index contributed by atoms with van der Waals surface area (Å²) in [5.41, 5.74) is 1.15. The summed E-state index contributed by atoms with van der Waals surface area (Å²) in [5.74, 6) is 0.640. The number of hydrogen-bond acceptors (Lipinski definition) is 4.